The minimum Gasteiger partial charge on any atom is -0.336 e. The molecule has 0 aliphatic carbocycles. The summed E-state index contributed by atoms with van der Waals surface area (Å²) in [5.41, 5.74) is 0.949. The Labute approximate surface area is 189 Å². The Balaban J connectivity index is 1.70. The second-order valence-electron chi connectivity index (χ2n) is 6.43. The molecule has 0 spiro atoms. The summed E-state index contributed by atoms with van der Waals surface area (Å²) in [6.07, 6.45) is 1.41. The van der Waals surface area contributed by atoms with E-state index in [-0.39, 0.29) is 11.6 Å². The number of sulfone groups is 1. The van der Waals surface area contributed by atoms with Crippen molar-refractivity contribution in [1.29, 1.82) is 0 Å². The lowest BCUT2D eigenvalue weighted by Gasteiger charge is -2.08. The summed E-state index contributed by atoms with van der Waals surface area (Å²) in [4.78, 5) is 0. The number of sulfonamides is 1. The fourth-order valence-corrected chi connectivity index (χ4v) is 4.82. The summed E-state index contributed by atoms with van der Waals surface area (Å²) in [6, 6.07) is 12.7. The maximum absolute atomic E-state index is 12.4. The van der Waals surface area contributed by atoms with Crippen molar-refractivity contribution in [2.75, 3.05) is 10.6 Å². The van der Waals surface area contributed by atoms with E-state index in [1.165, 1.54) is 30.3 Å². The van der Waals surface area contributed by atoms with Gasteiger partial charge in [0, 0.05) is 21.1 Å². The number of nitrogens with two attached hydrogens (primary N) is 1. The van der Waals surface area contributed by atoms with Crippen molar-refractivity contribution in [3.05, 3.63) is 81.2 Å². The summed E-state index contributed by atoms with van der Waals surface area (Å²) in [5, 5.41) is 9.44. The number of anilines is 1. The van der Waals surface area contributed by atoms with Crippen LogP contribution in [0.5, 0.6) is 0 Å². The third-order valence-corrected chi connectivity index (χ3v) is 6.84. The highest BCUT2D eigenvalue weighted by Crippen LogP contribution is 2.17. The lowest BCUT2D eigenvalue weighted by Crippen LogP contribution is -2.23. The van der Waals surface area contributed by atoms with E-state index >= 15 is 0 Å². The molecule has 0 aliphatic rings. The highest BCUT2D eigenvalue weighted by molar-refractivity contribution is 7.93. The summed E-state index contributed by atoms with van der Waals surface area (Å²) < 4.78 is 52.7. The van der Waals surface area contributed by atoms with Gasteiger partial charge in [-0.05, 0) is 48.0 Å². The van der Waals surface area contributed by atoms with Crippen LogP contribution in [0.2, 0.25) is 10.0 Å². The average Bonchev–Trinajstić information content (AvgIpc) is 3.01. The van der Waals surface area contributed by atoms with Crippen LogP contribution >= 0.6 is 23.2 Å². The van der Waals surface area contributed by atoms with Gasteiger partial charge in [-0.3, -0.25) is 4.72 Å². The fraction of sp³-hybridized carbons (Fsp3) is 0.111. The van der Waals surface area contributed by atoms with Gasteiger partial charge in [-0.15, -0.1) is 10.2 Å². The fourth-order valence-electron chi connectivity index (χ4n) is 2.45. The molecule has 0 atom stereocenters. The molecule has 0 fully saturated rings. The van der Waals surface area contributed by atoms with Crippen molar-refractivity contribution in [2.24, 2.45) is 0 Å². The maximum Gasteiger partial charge on any atom is 0.240 e. The SMILES string of the molecule is Nn1c(CS(=O)(=O)/C=C\c2ccc(Cl)cc2)nnc1CS(=O)(=O)Nc1ccc(Cl)cc1. The highest BCUT2D eigenvalue weighted by atomic mass is 35.5. The minimum atomic E-state index is -3.87. The molecule has 1 aromatic heterocycles. The van der Waals surface area contributed by atoms with Gasteiger partial charge in [0.1, 0.15) is 11.5 Å². The van der Waals surface area contributed by atoms with E-state index in [0.717, 1.165) is 10.1 Å². The van der Waals surface area contributed by atoms with Crippen molar-refractivity contribution in [3.8, 4) is 0 Å². The van der Waals surface area contributed by atoms with E-state index in [9.17, 15) is 16.8 Å². The average molecular weight is 502 g/mol. The van der Waals surface area contributed by atoms with Gasteiger partial charge in [0.05, 0.1) is 0 Å². The number of hydrogen-bond acceptors (Lipinski definition) is 7. The largest absolute Gasteiger partial charge is 0.336 e. The zero-order chi connectivity index (χ0) is 22.6. The molecule has 13 heteroatoms. The monoisotopic (exact) mass is 501 g/mol. The summed E-state index contributed by atoms with van der Waals surface area (Å²) in [7, 11) is -7.62. The van der Waals surface area contributed by atoms with Crippen LogP contribution in [0.25, 0.3) is 6.08 Å². The van der Waals surface area contributed by atoms with Gasteiger partial charge in [0.2, 0.25) is 10.0 Å². The Bertz CT molecular complexity index is 1300. The standard InChI is InChI=1S/C18H17Cl2N5O4S2/c19-14-3-1-13(2-4-14)9-10-30(26,27)11-17-22-23-18(25(17)21)12-31(28,29)24-16-7-5-15(20)6-8-16/h1-10,24H,11-12,21H2/b10-9-. The molecular formula is C18H17Cl2N5O4S2. The van der Waals surface area contributed by atoms with Crippen LogP contribution in [0.4, 0.5) is 5.69 Å². The molecule has 3 rings (SSSR count). The van der Waals surface area contributed by atoms with E-state index in [1.54, 1.807) is 24.3 Å². The van der Waals surface area contributed by atoms with Crippen LogP contribution in [0.3, 0.4) is 0 Å². The van der Waals surface area contributed by atoms with Crippen LogP contribution in [-0.2, 0) is 31.4 Å². The van der Waals surface area contributed by atoms with E-state index < -0.39 is 31.4 Å². The van der Waals surface area contributed by atoms with Gasteiger partial charge >= 0.3 is 0 Å². The first-order valence-electron chi connectivity index (χ1n) is 8.64. The van der Waals surface area contributed by atoms with Gasteiger partial charge < -0.3 is 5.84 Å². The molecule has 0 saturated heterocycles. The first kappa shape index (κ1) is 23.1. The second kappa shape index (κ2) is 9.27. The van der Waals surface area contributed by atoms with Gasteiger partial charge in [-0.1, -0.05) is 35.3 Å². The Hall–Kier alpha value is -2.60. The minimum absolute atomic E-state index is 0.0996. The Morgan fingerprint density at radius 1 is 0.871 bits per heavy atom. The molecule has 3 N–H and O–H groups in total. The number of rotatable bonds is 8. The molecule has 9 nitrogen and oxygen atoms in total. The van der Waals surface area contributed by atoms with Gasteiger partial charge in [-0.25, -0.2) is 21.5 Å². The topological polar surface area (TPSA) is 137 Å². The van der Waals surface area contributed by atoms with E-state index in [4.69, 9.17) is 29.0 Å². The molecule has 0 aliphatic heterocycles. The van der Waals surface area contributed by atoms with Crippen LogP contribution in [0.1, 0.15) is 17.2 Å². The summed E-state index contributed by atoms with van der Waals surface area (Å²) in [6.45, 7) is 0. The van der Waals surface area contributed by atoms with E-state index in [2.05, 4.69) is 14.9 Å². The maximum atomic E-state index is 12.4. The molecule has 1 heterocycles. The molecule has 2 aromatic carbocycles. The molecular weight excluding hydrogens is 485 g/mol. The second-order valence-corrected chi connectivity index (χ2v) is 10.9. The first-order chi connectivity index (χ1) is 14.5. The summed E-state index contributed by atoms with van der Waals surface area (Å²) in [5.74, 6) is 4.47. The molecule has 31 heavy (non-hydrogen) atoms. The normalized spacial score (nSPS) is 12.3. The van der Waals surface area contributed by atoms with Gasteiger partial charge in [0.15, 0.2) is 21.5 Å². The molecule has 0 bridgehead atoms. The van der Waals surface area contributed by atoms with Crippen molar-refractivity contribution >= 4 is 54.8 Å². The Morgan fingerprint density at radius 2 is 1.39 bits per heavy atom. The van der Waals surface area contributed by atoms with Crippen molar-refractivity contribution in [3.63, 3.8) is 0 Å². The third-order valence-electron chi connectivity index (χ3n) is 3.94. The molecule has 3 aromatic rings. The van der Waals surface area contributed by atoms with Crippen molar-refractivity contribution < 1.29 is 16.8 Å². The Kier molecular flexibility index (Phi) is 6.90. The zero-order valence-electron chi connectivity index (χ0n) is 15.8. The van der Waals surface area contributed by atoms with Crippen LogP contribution in [0, 0.1) is 0 Å². The lowest BCUT2D eigenvalue weighted by molar-refractivity contribution is 0.598. The Morgan fingerprint density at radius 3 is 1.97 bits per heavy atom. The number of halogens is 2. The molecule has 0 saturated carbocycles. The van der Waals surface area contributed by atoms with Gasteiger partial charge in [0.25, 0.3) is 0 Å². The number of nitrogen functional groups attached to an aromatic ring is 1. The number of hydrogen-bond donors (Lipinski definition) is 2. The number of aromatic nitrogens is 3. The third kappa shape index (κ3) is 6.69. The zero-order valence-corrected chi connectivity index (χ0v) is 19.0. The predicted octanol–water partition coefficient (Wildman–Crippen LogP) is 2.83. The molecule has 164 valence electrons. The summed E-state index contributed by atoms with van der Waals surface area (Å²) >= 11 is 11.6. The number of nitrogens with zero attached hydrogens (tertiary/aromatic N) is 3. The van der Waals surface area contributed by atoms with Crippen LogP contribution < -0.4 is 10.6 Å². The predicted molar refractivity (Wildman–Crippen MR) is 121 cm³/mol. The van der Waals surface area contributed by atoms with Crippen LogP contribution in [0.15, 0.2) is 53.9 Å². The lowest BCUT2D eigenvalue weighted by atomic mass is 10.2. The van der Waals surface area contributed by atoms with E-state index in [1.807, 2.05) is 0 Å². The number of benzene rings is 2. The first-order valence-corrected chi connectivity index (χ1v) is 12.8. The molecule has 0 radical (unpaired) electrons. The van der Waals surface area contributed by atoms with Gasteiger partial charge in [-0.2, -0.15) is 0 Å². The van der Waals surface area contributed by atoms with Crippen molar-refractivity contribution in [1.82, 2.24) is 14.9 Å². The quantitative estimate of drug-likeness (QED) is 0.452. The smallest absolute Gasteiger partial charge is 0.240 e. The molecule has 0 unspecified atom stereocenters. The van der Waals surface area contributed by atoms with Crippen molar-refractivity contribution in [2.45, 2.75) is 11.5 Å². The number of nitrogens with one attached hydrogen (secondary N) is 1. The highest BCUT2D eigenvalue weighted by Gasteiger charge is 2.21. The van der Waals surface area contributed by atoms with E-state index in [0.29, 0.717) is 21.3 Å². The van der Waals surface area contributed by atoms with Crippen LogP contribution in [-0.4, -0.2) is 31.7 Å². The molecule has 0 amide bonds.